The number of nitro groups is 1. The minimum Gasteiger partial charge on any atom is -0.494 e. The fourth-order valence-corrected chi connectivity index (χ4v) is 4.93. The van der Waals surface area contributed by atoms with Crippen LogP contribution in [0.3, 0.4) is 0 Å². The van der Waals surface area contributed by atoms with E-state index in [1.165, 1.54) is 13.2 Å². The van der Waals surface area contributed by atoms with E-state index in [-0.39, 0.29) is 17.7 Å². The SMILES string of the molecule is COc1cc(N(C)CCN(C)C)c([N+](=O)[O-])cc1Nc1nccc(-c2cc(OC(C)(C)C)c3nc(C)n(C(C)C)c3c2)n1. The number of methoxy groups -OCH3 is 1. The van der Waals surface area contributed by atoms with Crippen molar-refractivity contribution in [3.8, 4) is 22.8 Å². The Labute approximate surface area is 252 Å². The Kier molecular flexibility index (Phi) is 9.09. The second-order valence-corrected chi connectivity index (χ2v) is 12.1. The number of fused-ring (bicyclic) bond motifs is 1. The van der Waals surface area contributed by atoms with Gasteiger partial charge in [-0.25, -0.2) is 15.0 Å². The molecule has 0 bridgehead atoms. The van der Waals surface area contributed by atoms with Gasteiger partial charge in [-0.05, 0) is 73.8 Å². The number of ether oxygens (including phenoxy) is 2. The Balaban J connectivity index is 1.77. The zero-order valence-corrected chi connectivity index (χ0v) is 26.7. The number of nitrogens with one attached hydrogen (secondary N) is 1. The van der Waals surface area contributed by atoms with Gasteiger partial charge in [-0.1, -0.05) is 0 Å². The van der Waals surface area contributed by atoms with E-state index >= 15 is 0 Å². The van der Waals surface area contributed by atoms with Crippen LogP contribution in [0.15, 0.2) is 36.5 Å². The third kappa shape index (κ3) is 7.14. The Morgan fingerprint density at radius 3 is 2.40 bits per heavy atom. The summed E-state index contributed by atoms with van der Waals surface area (Å²) in [6.45, 7) is 13.6. The summed E-state index contributed by atoms with van der Waals surface area (Å²) in [6, 6.07) is 9.14. The van der Waals surface area contributed by atoms with Crippen LogP contribution in [0.4, 0.5) is 23.0 Å². The van der Waals surface area contributed by atoms with Crippen molar-refractivity contribution in [1.29, 1.82) is 0 Å². The number of nitro benzene ring substituents is 1. The molecule has 2 aromatic heterocycles. The first-order valence-electron chi connectivity index (χ1n) is 14.2. The van der Waals surface area contributed by atoms with E-state index in [4.69, 9.17) is 19.4 Å². The highest BCUT2D eigenvalue weighted by Crippen LogP contribution is 2.39. The molecule has 0 radical (unpaired) electrons. The summed E-state index contributed by atoms with van der Waals surface area (Å²) in [5.41, 5.74) is 3.59. The maximum Gasteiger partial charge on any atom is 0.294 e. The Morgan fingerprint density at radius 1 is 1.07 bits per heavy atom. The molecule has 0 fully saturated rings. The molecule has 0 aliphatic heterocycles. The summed E-state index contributed by atoms with van der Waals surface area (Å²) < 4.78 is 14.2. The van der Waals surface area contributed by atoms with Crippen LogP contribution in [-0.4, -0.2) is 76.3 Å². The molecule has 0 amide bonds. The zero-order valence-electron chi connectivity index (χ0n) is 26.7. The van der Waals surface area contributed by atoms with Crippen molar-refractivity contribution < 1.29 is 14.4 Å². The van der Waals surface area contributed by atoms with Crippen LogP contribution in [0.25, 0.3) is 22.3 Å². The number of rotatable bonds is 11. The van der Waals surface area contributed by atoms with Gasteiger partial charge in [0, 0.05) is 50.1 Å². The fraction of sp³-hybridized carbons (Fsp3) is 0.452. The minimum atomic E-state index is -0.433. The highest BCUT2D eigenvalue weighted by atomic mass is 16.6. The van der Waals surface area contributed by atoms with Crippen LogP contribution >= 0.6 is 0 Å². The maximum atomic E-state index is 12.1. The predicted octanol–water partition coefficient (Wildman–Crippen LogP) is 6.22. The molecule has 4 rings (SSSR count). The number of hydrogen-bond donors (Lipinski definition) is 1. The zero-order chi connectivity index (χ0) is 31.6. The lowest BCUT2D eigenvalue weighted by Gasteiger charge is -2.23. The van der Waals surface area contributed by atoms with Gasteiger partial charge in [-0.3, -0.25) is 10.1 Å². The summed E-state index contributed by atoms with van der Waals surface area (Å²) in [6.07, 6.45) is 1.65. The number of likely N-dealkylation sites (N-methyl/N-ethyl adjacent to an activating group) is 2. The first kappa shape index (κ1) is 31.5. The molecular formula is C31H42N8O4. The van der Waals surface area contributed by atoms with Gasteiger partial charge in [0.15, 0.2) is 0 Å². The standard InChI is InChI=1S/C31H42N8O4/c1-19(2)38-20(3)33-29-26(38)15-21(16-28(29)43-31(4,5)6)22-11-12-32-30(34-22)35-23-17-25(39(40)41)24(18-27(23)42-10)37(9)14-13-36(7)8/h11-12,15-19H,13-14H2,1-10H3,(H,32,34,35). The summed E-state index contributed by atoms with van der Waals surface area (Å²) >= 11 is 0. The molecular weight excluding hydrogens is 548 g/mol. The molecule has 2 aromatic carbocycles. The lowest BCUT2D eigenvalue weighted by molar-refractivity contribution is -0.384. The summed E-state index contributed by atoms with van der Waals surface area (Å²) in [5.74, 6) is 2.27. The van der Waals surface area contributed by atoms with Gasteiger partial charge in [-0.2, -0.15) is 0 Å². The number of benzene rings is 2. The van der Waals surface area contributed by atoms with Crippen molar-refractivity contribution in [2.75, 3.05) is 51.6 Å². The molecule has 0 unspecified atom stereocenters. The molecule has 4 aromatic rings. The van der Waals surface area contributed by atoms with Crippen LogP contribution in [0.2, 0.25) is 0 Å². The second-order valence-electron chi connectivity index (χ2n) is 12.1. The number of hydrogen-bond acceptors (Lipinski definition) is 10. The molecule has 12 heteroatoms. The molecule has 0 spiro atoms. The van der Waals surface area contributed by atoms with Gasteiger partial charge < -0.3 is 29.2 Å². The maximum absolute atomic E-state index is 12.1. The molecule has 12 nitrogen and oxygen atoms in total. The Morgan fingerprint density at radius 2 is 1.79 bits per heavy atom. The van der Waals surface area contributed by atoms with E-state index in [0.29, 0.717) is 35.1 Å². The lowest BCUT2D eigenvalue weighted by atomic mass is 10.1. The van der Waals surface area contributed by atoms with E-state index in [9.17, 15) is 10.1 Å². The highest BCUT2D eigenvalue weighted by Gasteiger charge is 2.24. The minimum absolute atomic E-state index is 0.0487. The van der Waals surface area contributed by atoms with E-state index in [0.717, 1.165) is 29.0 Å². The molecule has 0 aliphatic carbocycles. The van der Waals surface area contributed by atoms with Crippen molar-refractivity contribution in [2.45, 2.75) is 53.2 Å². The van der Waals surface area contributed by atoms with E-state index in [2.05, 4.69) is 34.8 Å². The van der Waals surface area contributed by atoms with Crippen LogP contribution in [0.5, 0.6) is 11.5 Å². The van der Waals surface area contributed by atoms with Crippen LogP contribution in [-0.2, 0) is 0 Å². The Hall–Kier alpha value is -4.45. The van der Waals surface area contributed by atoms with Gasteiger partial charge in [0.25, 0.3) is 5.69 Å². The topological polar surface area (TPSA) is 124 Å². The number of imidazole rings is 1. The van der Waals surface area contributed by atoms with Crippen molar-refractivity contribution in [2.24, 2.45) is 0 Å². The molecule has 0 saturated heterocycles. The van der Waals surface area contributed by atoms with E-state index < -0.39 is 10.5 Å². The summed E-state index contributed by atoms with van der Waals surface area (Å²) in [5, 5.41) is 15.2. The molecule has 0 aliphatic rings. The van der Waals surface area contributed by atoms with Gasteiger partial charge in [-0.15, -0.1) is 0 Å². The second kappa shape index (κ2) is 12.4. The third-order valence-electron chi connectivity index (χ3n) is 6.85. The largest absolute Gasteiger partial charge is 0.494 e. The highest BCUT2D eigenvalue weighted by molar-refractivity contribution is 5.88. The van der Waals surface area contributed by atoms with Gasteiger partial charge in [0.2, 0.25) is 5.95 Å². The fourth-order valence-electron chi connectivity index (χ4n) is 4.93. The molecule has 230 valence electrons. The van der Waals surface area contributed by atoms with Crippen LogP contribution < -0.4 is 19.7 Å². The lowest BCUT2D eigenvalue weighted by Crippen LogP contribution is -2.28. The summed E-state index contributed by atoms with van der Waals surface area (Å²) in [7, 11) is 7.27. The average Bonchev–Trinajstić information content (AvgIpc) is 3.27. The first-order chi connectivity index (χ1) is 20.2. The average molecular weight is 591 g/mol. The molecule has 1 N–H and O–H groups in total. The van der Waals surface area contributed by atoms with Crippen molar-refractivity contribution in [3.63, 3.8) is 0 Å². The molecule has 43 heavy (non-hydrogen) atoms. The van der Waals surface area contributed by atoms with Crippen molar-refractivity contribution in [3.05, 3.63) is 52.5 Å². The van der Waals surface area contributed by atoms with E-state index in [1.807, 2.05) is 70.8 Å². The number of aryl methyl sites for hydroxylation is 1. The monoisotopic (exact) mass is 590 g/mol. The van der Waals surface area contributed by atoms with E-state index in [1.54, 1.807) is 12.3 Å². The van der Waals surface area contributed by atoms with Gasteiger partial charge in [0.1, 0.15) is 34.1 Å². The van der Waals surface area contributed by atoms with Gasteiger partial charge >= 0.3 is 0 Å². The van der Waals surface area contributed by atoms with Crippen LogP contribution in [0.1, 0.15) is 46.5 Å². The number of aromatic nitrogens is 4. The van der Waals surface area contributed by atoms with Crippen LogP contribution in [0, 0.1) is 17.0 Å². The Bertz CT molecular complexity index is 1620. The number of anilines is 3. The van der Waals surface area contributed by atoms with Gasteiger partial charge in [0.05, 0.1) is 28.9 Å². The normalized spacial score (nSPS) is 11.8. The molecule has 0 atom stereocenters. The van der Waals surface area contributed by atoms with Crippen molar-refractivity contribution in [1.82, 2.24) is 24.4 Å². The predicted molar refractivity (Wildman–Crippen MR) is 171 cm³/mol. The first-order valence-corrected chi connectivity index (χ1v) is 14.2. The number of nitrogens with zero attached hydrogens (tertiary/aromatic N) is 7. The van der Waals surface area contributed by atoms with Crippen molar-refractivity contribution >= 4 is 34.0 Å². The third-order valence-corrected chi connectivity index (χ3v) is 6.85. The summed E-state index contributed by atoms with van der Waals surface area (Å²) in [4.78, 5) is 29.5. The molecule has 0 saturated carbocycles. The quantitative estimate of drug-likeness (QED) is 0.159. The smallest absolute Gasteiger partial charge is 0.294 e. The molecule has 2 heterocycles.